The van der Waals surface area contributed by atoms with Gasteiger partial charge in [0.2, 0.25) is 0 Å². The number of hydrogen-bond acceptors (Lipinski definition) is 2. The Morgan fingerprint density at radius 2 is 1.72 bits per heavy atom. The van der Waals surface area contributed by atoms with Crippen LogP contribution in [0, 0.1) is 0 Å². The van der Waals surface area contributed by atoms with Crippen LogP contribution in [0.15, 0.2) is 17.0 Å². The maximum Gasteiger partial charge on any atom is 0.416 e. The summed E-state index contributed by atoms with van der Waals surface area (Å²) in [5.74, 6) is -0.287. The topological polar surface area (TPSA) is 34.1 Å². The lowest BCUT2D eigenvalue weighted by Crippen LogP contribution is -2.11. The van der Waals surface area contributed by atoms with Crippen molar-refractivity contribution >= 4 is 21.4 Å². The fourth-order valence-electron chi connectivity index (χ4n) is 1.62. The minimum Gasteiger partial charge on any atom is -0.224 e. The molecule has 102 valence electrons. The highest BCUT2D eigenvalue weighted by Crippen LogP contribution is 2.38. The first-order valence-corrected chi connectivity index (χ1v) is 7.32. The summed E-state index contributed by atoms with van der Waals surface area (Å²) in [5, 5.41) is -0.180. The third-order valence-electron chi connectivity index (χ3n) is 2.40. The molecule has 7 heteroatoms. The molecule has 2 nitrogen and oxygen atoms in total. The molecule has 0 aliphatic carbocycles. The molecular weight excluding hydrogens is 289 g/mol. The Bertz CT molecular complexity index is 562. The first-order chi connectivity index (χ1) is 7.94. The second kappa shape index (κ2) is 4.74. The van der Waals surface area contributed by atoms with Crippen molar-refractivity contribution in [1.82, 2.24) is 0 Å². The molecule has 1 aromatic carbocycles. The van der Waals surface area contributed by atoms with Gasteiger partial charge in [0.1, 0.15) is 0 Å². The molecule has 0 aliphatic rings. The Hall–Kier alpha value is -0.750. The molecule has 0 atom stereocenters. The van der Waals surface area contributed by atoms with Crippen LogP contribution >= 0.6 is 11.6 Å². The van der Waals surface area contributed by atoms with Gasteiger partial charge < -0.3 is 0 Å². The van der Waals surface area contributed by atoms with Crippen molar-refractivity contribution in [3.05, 3.63) is 28.3 Å². The summed E-state index contributed by atoms with van der Waals surface area (Å²) in [7, 11) is -3.77. The number of sulfone groups is 1. The largest absolute Gasteiger partial charge is 0.416 e. The fourth-order valence-corrected chi connectivity index (χ4v) is 3.20. The molecule has 1 rings (SSSR count). The van der Waals surface area contributed by atoms with E-state index in [4.69, 9.17) is 11.6 Å². The first kappa shape index (κ1) is 15.3. The normalized spacial score (nSPS) is 13.1. The minimum atomic E-state index is -4.63. The zero-order valence-electron chi connectivity index (χ0n) is 9.97. The summed E-state index contributed by atoms with van der Waals surface area (Å²) in [6.07, 6.45) is -3.76. The lowest BCUT2D eigenvalue weighted by molar-refractivity contribution is -0.137. The summed E-state index contributed by atoms with van der Waals surface area (Å²) in [6.45, 7) is 3.34. The fraction of sp³-hybridized carbons (Fsp3) is 0.455. The Balaban J connectivity index is 3.69. The Kier molecular flexibility index (Phi) is 4.03. The average Bonchev–Trinajstić information content (AvgIpc) is 2.12. The van der Waals surface area contributed by atoms with Gasteiger partial charge in [0.15, 0.2) is 9.84 Å². The standard InChI is InChI=1S/C11H12ClF3O2S/c1-6(2)10-8(12)4-7(11(13,14)15)5-9(10)18(3,16)17/h4-6H,1-3H3. The maximum atomic E-state index is 12.6. The SMILES string of the molecule is CC(C)c1c(Cl)cc(C(F)(F)F)cc1S(C)(=O)=O. The molecule has 0 N–H and O–H groups in total. The van der Waals surface area contributed by atoms with Gasteiger partial charge in [0, 0.05) is 11.3 Å². The first-order valence-electron chi connectivity index (χ1n) is 5.05. The summed E-state index contributed by atoms with van der Waals surface area (Å²) in [6, 6.07) is 1.39. The van der Waals surface area contributed by atoms with Crippen LogP contribution in [0.25, 0.3) is 0 Å². The number of alkyl halides is 3. The van der Waals surface area contributed by atoms with Gasteiger partial charge in [-0.2, -0.15) is 13.2 Å². The highest BCUT2D eigenvalue weighted by Gasteiger charge is 2.33. The van der Waals surface area contributed by atoms with E-state index in [1.54, 1.807) is 13.8 Å². The number of hydrogen-bond donors (Lipinski definition) is 0. The van der Waals surface area contributed by atoms with Crippen LogP contribution in [0.4, 0.5) is 13.2 Å². The van der Waals surface area contributed by atoms with Crippen molar-refractivity contribution in [1.29, 1.82) is 0 Å². The van der Waals surface area contributed by atoms with E-state index in [0.29, 0.717) is 6.07 Å². The van der Waals surface area contributed by atoms with Crippen molar-refractivity contribution < 1.29 is 21.6 Å². The highest BCUT2D eigenvalue weighted by molar-refractivity contribution is 7.90. The number of benzene rings is 1. The molecule has 18 heavy (non-hydrogen) atoms. The van der Waals surface area contributed by atoms with E-state index in [-0.39, 0.29) is 21.4 Å². The molecule has 0 bridgehead atoms. The van der Waals surface area contributed by atoms with E-state index in [1.165, 1.54) is 0 Å². The van der Waals surface area contributed by atoms with Crippen molar-refractivity contribution in [2.45, 2.75) is 30.8 Å². The second-order valence-corrected chi connectivity index (χ2v) is 6.69. The second-order valence-electron chi connectivity index (χ2n) is 4.29. The molecule has 0 heterocycles. The molecule has 0 radical (unpaired) electrons. The quantitative estimate of drug-likeness (QED) is 0.830. The van der Waals surface area contributed by atoms with Crippen LogP contribution in [0.1, 0.15) is 30.9 Å². The van der Waals surface area contributed by atoms with E-state index in [1.807, 2.05) is 0 Å². The molecular formula is C11H12ClF3O2S. The number of halogens is 4. The molecule has 0 saturated heterocycles. The summed E-state index contributed by atoms with van der Waals surface area (Å²) in [5.41, 5.74) is -0.843. The molecule has 0 aliphatic heterocycles. The lowest BCUT2D eigenvalue weighted by Gasteiger charge is -2.16. The molecule has 0 fully saturated rings. The van der Waals surface area contributed by atoms with E-state index in [9.17, 15) is 21.6 Å². The highest BCUT2D eigenvalue weighted by atomic mass is 35.5. The van der Waals surface area contributed by atoms with E-state index in [0.717, 1.165) is 12.3 Å². The van der Waals surface area contributed by atoms with E-state index in [2.05, 4.69) is 0 Å². The van der Waals surface area contributed by atoms with Crippen LogP contribution in [-0.2, 0) is 16.0 Å². The van der Waals surface area contributed by atoms with Gasteiger partial charge in [0.25, 0.3) is 0 Å². The average molecular weight is 301 g/mol. The van der Waals surface area contributed by atoms with Gasteiger partial charge in [-0.05, 0) is 23.6 Å². The van der Waals surface area contributed by atoms with Gasteiger partial charge in [0.05, 0.1) is 10.5 Å². The lowest BCUT2D eigenvalue weighted by atomic mass is 10.0. The Morgan fingerprint density at radius 3 is 2.06 bits per heavy atom. The summed E-state index contributed by atoms with van der Waals surface area (Å²) in [4.78, 5) is -0.364. The monoisotopic (exact) mass is 300 g/mol. The van der Waals surface area contributed by atoms with Gasteiger partial charge in [-0.1, -0.05) is 25.4 Å². The van der Waals surface area contributed by atoms with Gasteiger partial charge in [-0.3, -0.25) is 0 Å². The van der Waals surface area contributed by atoms with Gasteiger partial charge in [-0.25, -0.2) is 8.42 Å². The summed E-state index contributed by atoms with van der Waals surface area (Å²) >= 11 is 5.78. The van der Waals surface area contributed by atoms with Crippen LogP contribution in [0.5, 0.6) is 0 Å². The van der Waals surface area contributed by atoms with E-state index >= 15 is 0 Å². The van der Waals surface area contributed by atoms with Crippen LogP contribution in [-0.4, -0.2) is 14.7 Å². The molecule has 0 unspecified atom stereocenters. The minimum absolute atomic E-state index is 0.180. The zero-order chi connectivity index (χ0) is 14.3. The van der Waals surface area contributed by atoms with Crippen LogP contribution in [0.2, 0.25) is 5.02 Å². The van der Waals surface area contributed by atoms with E-state index < -0.39 is 21.6 Å². The predicted octanol–water partition coefficient (Wildman–Crippen LogP) is 3.89. The molecule has 0 amide bonds. The molecule has 0 saturated carbocycles. The summed E-state index contributed by atoms with van der Waals surface area (Å²) < 4.78 is 61.0. The van der Waals surface area contributed by atoms with Gasteiger partial charge in [-0.15, -0.1) is 0 Å². The van der Waals surface area contributed by atoms with Crippen LogP contribution in [0.3, 0.4) is 0 Å². The molecule has 0 aromatic heterocycles. The zero-order valence-corrected chi connectivity index (χ0v) is 11.5. The third kappa shape index (κ3) is 3.17. The van der Waals surface area contributed by atoms with Crippen molar-refractivity contribution in [3.63, 3.8) is 0 Å². The molecule has 1 aromatic rings. The van der Waals surface area contributed by atoms with Crippen molar-refractivity contribution in [2.24, 2.45) is 0 Å². The number of rotatable bonds is 2. The van der Waals surface area contributed by atoms with Crippen LogP contribution < -0.4 is 0 Å². The van der Waals surface area contributed by atoms with Gasteiger partial charge >= 0.3 is 6.18 Å². The Labute approximate surface area is 109 Å². The third-order valence-corrected chi connectivity index (χ3v) is 3.85. The van der Waals surface area contributed by atoms with Crippen molar-refractivity contribution in [2.75, 3.05) is 6.26 Å². The smallest absolute Gasteiger partial charge is 0.224 e. The predicted molar refractivity (Wildman–Crippen MR) is 63.7 cm³/mol. The van der Waals surface area contributed by atoms with Crippen molar-refractivity contribution in [3.8, 4) is 0 Å². The Morgan fingerprint density at radius 1 is 1.22 bits per heavy atom. The molecule has 0 spiro atoms. The maximum absolute atomic E-state index is 12.6.